The lowest BCUT2D eigenvalue weighted by molar-refractivity contribution is -0.141. The Morgan fingerprint density at radius 2 is 2.00 bits per heavy atom. The first kappa shape index (κ1) is 9.38. The minimum absolute atomic E-state index is 0.361. The number of thiol groups is 1. The number of aliphatic carboxylic acids is 1. The van der Waals surface area contributed by atoms with Crippen molar-refractivity contribution in [2.45, 2.75) is 12.8 Å². The zero-order valence-electron chi connectivity index (χ0n) is 6.56. The summed E-state index contributed by atoms with van der Waals surface area (Å²) in [7, 11) is -1.07. The Kier molecular flexibility index (Phi) is 2.97. The molecule has 12 heavy (non-hydrogen) atoms. The molecule has 0 aromatic rings. The highest BCUT2D eigenvalue weighted by atomic mass is 32.2. The molecule has 0 saturated carbocycles. The van der Waals surface area contributed by atoms with Crippen LogP contribution in [-0.4, -0.2) is 33.0 Å². The van der Waals surface area contributed by atoms with E-state index in [-0.39, 0.29) is 0 Å². The standard InChI is InChI=1S/C7H12O4S/c8-6(9)5-2-1-3-12(4-5)7(10)11/h5,12H,1-4H2,(H,8,9)(H,10,11). The van der Waals surface area contributed by atoms with Gasteiger partial charge in [-0.3, -0.25) is 4.79 Å². The van der Waals surface area contributed by atoms with Crippen LogP contribution in [0, 0.1) is 5.92 Å². The molecule has 1 heterocycles. The van der Waals surface area contributed by atoms with Crippen molar-refractivity contribution in [2.75, 3.05) is 11.5 Å². The van der Waals surface area contributed by atoms with Crippen LogP contribution < -0.4 is 0 Å². The molecule has 2 atom stereocenters. The monoisotopic (exact) mass is 192 g/mol. The van der Waals surface area contributed by atoms with E-state index in [0.717, 1.165) is 6.42 Å². The Hall–Kier alpha value is -0.710. The van der Waals surface area contributed by atoms with Gasteiger partial charge in [0.05, 0.1) is 5.92 Å². The molecule has 1 aliphatic rings. The second-order valence-electron chi connectivity index (χ2n) is 2.91. The molecule has 0 bridgehead atoms. The maximum Gasteiger partial charge on any atom is 0.344 e. The van der Waals surface area contributed by atoms with E-state index in [1.165, 1.54) is 0 Å². The molecule has 0 aromatic carbocycles. The highest BCUT2D eigenvalue weighted by Crippen LogP contribution is 2.36. The van der Waals surface area contributed by atoms with Crippen LogP contribution in [0.15, 0.2) is 0 Å². The molecule has 0 radical (unpaired) electrons. The smallest absolute Gasteiger partial charge is 0.344 e. The van der Waals surface area contributed by atoms with Gasteiger partial charge in [0, 0.05) is 0 Å². The summed E-state index contributed by atoms with van der Waals surface area (Å²) in [5.74, 6) is -0.210. The summed E-state index contributed by atoms with van der Waals surface area (Å²) in [4.78, 5) is 21.1. The van der Waals surface area contributed by atoms with Gasteiger partial charge in [-0.2, -0.15) is 10.9 Å². The molecular formula is C7H12O4S. The van der Waals surface area contributed by atoms with Gasteiger partial charge in [-0.1, -0.05) is 0 Å². The van der Waals surface area contributed by atoms with Gasteiger partial charge < -0.3 is 10.2 Å². The van der Waals surface area contributed by atoms with Crippen molar-refractivity contribution in [1.82, 2.24) is 0 Å². The van der Waals surface area contributed by atoms with E-state index in [2.05, 4.69) is 0 Å². The van der Waals surface area contributed by atoms with Crippen LogP contribution >= 0.6 is 10.9 Å². The molecule has 0 amide bonds. The van der Waals surface area contributed by atoms with E-state index in [4.69, 9.17) is 10.2 Å². The van der Waals surface area contributed by atoms with Crippen LogP contribution in [0.2, 0.25) is 0 Å². The molecule has 0 aliphatic carbocycles. The van der Waals surface area contributed by atoms with Crippen molar-refractivity contribution >= 4 is 22.2 Å². The summed E-state index contributed by atoms with van der Waals surface area (Å²) in [5, 5.41) is 16.5. The Labute approximate surface area is 72.9 Å². The van der Waals surface area contributed by atoms with E-state index in [1.54, 1.807) is 0 Å². The van der Waals surface area contributed by atoms with E-state index in [9.17, 15) is 9.59 Å². The highest BCUT2D eigenvalue weighted by Gasteiger charge is 2.27. The molecule has 2 N–H and O–H groups in total. The first-order chi connectivity index (χ1) is 5.61. The van der Waals surface area contributed by atoms with Gasteiger partial charge in [-0.25, -0.2) is 4.79 Å². The lowest BCUT2D eigenvalue weighted by Crippen LogP contribution is -2.25. The SMILES string of the molecule is O=C(O)C1CCC[SH](C(=O)O)C1. The van der Waals surface area contributed by atoms with Gasteiger partial charge in [0.15, 0.2) is 0 Å². The van der Waals surface area contributed by atoms with Gasteiger partial charge in [0.1, 0.15) is 0 Å². The van der Waals surface area contributed by atoms with Gasteiger partial charge in [0.25, 0.3) is 0 Å². The second-order valence-corrected chi connectivity index (χ2v) is 5.18. The lowest BCUT2D eigenvalue weighted by atomic mass is 10.1. The fraction of sp³-hybridized carbons (Fsp3) is 0.714. The average molecular weight is 192 g/mol. The predicted molar refractivity (Wildman–Crippen MR) is 47.1 cm³/mol. The van der Waals surface area contributed by atoms with E-state index >= 15 is 0 Å². The molecule has 70 valence electrons. The third-order valence-corrected chi connectivity index (χ3v) is 4.32. The number of carboxylic acid groups (broad SMARTS) is 2. The number of hydrogen-bond acceptors (Lipinski definition) is 2. The van der Waals surface area contributed by atoms with E-state index < -0.39 is 28.1 Å². The average Bonchev–Trinajstić information content (AvgIpc) is 2.04. The summed E-state index contributed by atoms with van der Waals surface area (Å²) < 4.78 is 0. The number of carbonyl (C=O) groups is 2. The third-order valence-electron chi connectivity index (χ3n) is 2.04. The molecule has 0 aromatic heterocycles. The van der Waals surface area contributed by atoms with Crippen molar-refractivity contribution in [3.05, 3.63) is 0 Å². The summed E-state index contributed by atoms with van der Waals surface area (Å²) in [6, 6.07) is 0. The second kappa shape index (κ2) is 3.80. The zero-order valence-corrected chi connectivity index (χ0v) is 7.46. The van der Waals surface area contributed by atoms with Crippen LogP contribution in [-0.2, 0) is 4.79 Å². The maximum atomic E-state index is 10.6. The van der Waals surface area contributed by atoms with Gasteiger partial charge in [-0.05, 0) is 24.3 Å². The maximum absolute atomic E-state index is 10.6. The first-order valence-corrected chi connectivity index (χ1v) is 5.53. The van der Waals surface area contributed by atoms with Crippen LogP contribution in [0.3, 0.4) is 0 Å². The highest BCUT2D eigenvalue weighted by molar-refractivity contribution is 8.29. The van der Waals surface area contributed by atoms with E-state index in [0.29, 0.717) is 17.9 Å². The Morgan fingerprint density at radius 3 is 2.50 bits per heavy atom. The van der Waals surface area contributed by atoms with Gasteiger partial charge in [-0.15, -0.1) is 0 Å². The van der Waals surface area contributed by atoms with Crippen molar-refractivity contribution in [3.63, 3.8) is 0 Å². The lowest BCUT2D eigenvalue weighted by Gasteiger charge is -2.26. The number of hydrogen-bond donors (Lipinski definition) is 3. The topological polar surface area (TPSA) is 74.6 Å². The minimum atomic E-state index is -1.07. The summed E-state index contributed by atoms with van der Waals surface area (Å²) >= 11 is 0. The van der Waals surface area contributed by atoms with Gasteiger partial charge in [0.2, 0.25) is 0 Å². The largest absolute Gasteiger partial charge is 0.481 e. The molecule has 1 aliphatic heterocycles. The molecule has 1 rings (SSSR count). The molecule has 1 saturated heterocycles. The van der Waals surface area contributed by atoms with Crippen molar-refractivity contribution in [3.8, 4) is 0 Å². The molecule has 4 nitrogen and oxygen atoms in total. The quantitative estimate of drug-likeness (QED) is 0.545. The zero-order chi connectivity index (χ0) is 9.14. The number of rotatable bonds is 1. The molecule has 5 heteroatoms. The van der Waals surface area contributed by atoms with Crippen LogP contribution in [0.5, 0.6) is 0 Å². The fourth-order valence-corrected chi connectivity index (χ4v) is 3.32. The van der Waals surface area contributed by atoms with Crippen LogP contribution in [0.4, 0.5) is 4.79 Å². The van der Waals surface area contributed by atoms with Crippen LogP contribution in [0.1, 0.15) is 12.8 Å². The van der Waals surface area contributed by atoms with Crippen molar-refractivity contribution < 1.29 is 19.8 Å². The van der Waals surface area contributed by atoms with Crippen LogP contribution in [0.25, 0.3) is 0 Å². The molecule has 0 spiro atoms. The molecule has 1 fully saturated rings. The van der Waals surface area contributed by atoms with Crippen molar-refractivity contribution in [1.29, 1.82) is 0 Å². The normalized spacial score (nSPS) is 32.7. The van der Waals surface area contributed by atoms with E-state index in [1.807, 2.05) is 0 Å². The third kappa shape index (κ3) is 2.14. The number of carboxylic acids is 1. The Balaban J connectivity index is 2.51. The molecule has 2 unspecified atom stereocenters. The van der Waals surface area contributed by atoms with Crippen molar-refractivity contribution in [2.24, 2.45) is 5.92 Å². The Morgan fingerprint density at radius 1 is 1.33 bits per heavy atom. The molecular weight excluding hydrogens is 180 g/mol. The minimum Gasteiger partial charge on any atom is -0.481 e. The fourth-order valence-electron chi connectivity index (χ4n) is 1.35. The summed E-state index contributed by atoms with van der Waals surface area (Å²) in [6.45, 7) is 0. The summed E-state index contributed by atoms with van der Waals surface area (Å²) in [6.07, 6.45) is 1.39. The predicted octanol–water partition coefficient (Wildman–Crippen LogP) is 1.16. The summed E-state index contributed by atoms with van der Waals surface area (Å²) in [5.41, 5.74) is 0. The Bertz CT molecular complexity index is 184. The van der Waals surface area contributed by atoms with Gasteiger partial charge >= 0.3 is 11.3 Å². The first-order valence-electron chi connectivity index (χ1n) is 3.82.